The molecule has 0 spiro atoms. The fraction of sp³-hybridized carbons (Fsp3) is 0.500. The van der Waals surface area contributed by atoms with Gasteiger partial charge in [0, 0.05) is 30.7 Å². The van der Waals surface area contributed by atoms with E-state index in [-0.39, 0.29) is 12.4 Å². The second-order valence-corrected chi connectivity index (χ2v) is 7.40. The number of halogens is 2. The van der Waals surface area contributed by atoms with Gasteiger partial charge < -0.3 is 21.3 Å². The molecule has 0 aliphatic carbocycles. The second kappa shape index (κ2) is 5.94. The molecule has 9 nitrogen and oxygen atoms in total. The summed E-state index contributed by atoms with van der Waals surface area (Å²) in [7, 11) is 0. The molecule has 2 aromatic heterocycles. The summed E-state index contributed by atoms with van der Waals surface area (Å²) in [4.78, 5) is 22.3. The number of ether oxygens (including phenoxy) is 1. The van der Waals surface area contributed by atoms with Crippen molar-refractivity contribution in [3.63, 3.8) is 0 Å². The van der Waals surface area contributed by atoms with Gasteiger partial charge in [-0.2, -0.15) is 13.8 Å². The fourth-order valence-electron chi connectivity index (χ4n) is 3.23. The molecule has 12 heteroatoms. The van der Waals surface area contributed by atoms with Crippen LogP contribution in [0.4, 0.5) is 19.7 Å². The van der Waals surface area contributed by atoms with Crippen LogP contribution in [-0.4, -0.2) is 49.2 Å². The molecule has 0 unspecified atom stereocenters. The van der Waals surface area contributed by atoms with E-state index in [2.05, 4.69) is 9.97 Å². The van der Waals surface area contributed by atoms with Crippen LogP contribution in [0.25, 0.3) is 0 Å². The zero-order valence-corrected chi connectivity index (χ0v) is 14.2. The molecule has 4 heterocycles. The van der Waals surface area contributed by atoms with Crippen molar-refractivity contribution < 1.29 is 18.6 Å². The van der Waals surface area contributed by atoms with Gasteiger partial charge in [-0.15, -0.1) is 11.3 Å². The van der Waals surface area contributed by atoms with Gasteiger partial charge in [-0.1, -0.05) is 0 Å². The van der Waals surface area contributed by atoms with Crippen molar-refractivity contribution in [3.05, 3.63) is 33.3 Å². The van der Waals surface area contributed by atoms with Gasteiger partial charge in [0.05, 0.1) is 5.69 Å². The first-order valence-electron chi connectivity index (χ1n) is 7.78. The summed E-state index contributed by atoms with van der Waals surface area (Å²) in [6, 6.07) is 1.22. The molecule has 4 rings (SSSR count). The zero-order chi connectivity index (χ0) is 18.6. The molecule has 26 heavy (non-hydrogen) atoms. The maximum atomic E-state index is 14.5. The number of aromatic nitrogens is 3. The third-order valence-electron chi connectivity index (χ3n) is 4.46. The minimum absolute atomic E-state index is 0.0629. The Bertz CT molecular complexity index is 880. The molecule has 0 amide bonds. The summed E-state index contributed by atoms with van der Waals surface area (Å²) in [5.74, 6) is -3.74. The summed E-state index contributed by atoms with van der Waals surface area (Å²) in [6.07, 6.45) is -4.11. The van der Waals surface area contributed by atoms with Crippen molar-refractivity contribution in [1.82, 2.24) is 19.4 Å². The van der Waals surface area contributed by atoms with E-state index in [1.165, 1.54) is 17.4 Å². The Morgan fingerprint density at radius 3 is 2.85 bits per heavy atom. The Balaban J connectivity index is 1.52. The molecular weight excluding hydrogens is 370 g/mol. The first-order valence-corrected chi connectivity index (χ1v) is 8.59. The number of rotatable bonds is 3. The molecule has 5 N–H and O–H groups in total. The maximum Gasteiger partial charge on any atom is 0.351 e. The predicted octanol–water partition coefficient (Wildman–Crippen LogP) is -0.226. The normalized spacial score (nSPS) is 27.7. The van der Waals surface area contributed by atoms with E-state index >= 15 is 0 Å². The quantitative estimate of drug-likeness (QED) is 0.659. The number of nitrogens with two attached hydrogens (primary N) is 2. The van der Waals surface area contributed by atoms with Crippen LogP contribution in [0.1, 0.15) is 16.8 Å². The van der Waals surface area contributed by atoms with Gasteiger partial charge in [0.25, 0.3) is 0 Å². The fourth-order valence-corrected chi connectivity index (χ4v) is 4.11. The van der Waals surface area contributed by atoms with Crippen LogP contribution < -0.4 is 17.2 Å². The first kappa shape index (κ1) is 17.3. The summed E-state index contributed by atoms with van der Waals surface area (Å²) in [6.45, 7) is 0.999. The van der Waals surface area contributed by atoms with Gasteiger partial charge in [0.15, 0.2) is 5.13 Å². The third kappa shape index (κ3) is 2.74. The summed E-state index contributed by atoms with van der Waals surface area (Å²) >= 11 is 1.35. The number of nitrogens with zero attached hydrogens (tertiary/aromatic N) is 4. The summed E-state index contributed by atoms with van der Waals surface area (Å²) in [5.41, 5.74) is 10.9. The smallest absolute Gasteiger partial charge is 0.351 e. The molecule has 2 aliphatic rings. The summed E-state index contributed by atoms with van der Waals surface area (Å²) in [5, 5.41) is 10.5. The number of hydrogen-bond donors (Lipinski definition) is 3. The molecule has 0 radical (unpaired) electrons. The molecule has 140 valence electrons. The number of nitrogen functional groups attached to an aromatic ring is 2. The second-order valence-electron chi connectivity index (χ2n) is 6.28. The molecule has 0 bridgehead atoms. The predicted molar refractivity (Wildman–Crippen MR) is 88.4 cm³/mol. The van der Waals surface area contributed by atoms with Gasteiger partial charge in [0.1, 0.15) is 18.0 Å². The molecule has 1 saturated heterocycles. The minimum Gasteiger partial charge on any atom is -0.384 e. The average molecular weight is 386 g/mol. The van der Waals surface area contributed by atoms with Crippen LogP contribution in [-0.2, 0) is 17.8 Å². The van der Waals surface area contributed by atoms with E-state index < -0.39 is 30.0 Å². The lowest BCUT2D eigenvalue weighted by Gasteiger charge is -2.21. The van der Waals surface area contributed by atoms with Crippen LogP contribution in [0.2, 0.25) is 0 Å². The van der Waals surface area contributed by atoms with E-state index in [0.29, 0.717) is 22.8 Å². The number of alkyl halides is 2. The van der Waals surface area contributed by atoms with Gasteiger partial charge >= 0.3 is 11.6 Å². The molecule has 2 aromatic rings. The van der Waals surface area contributed by atoms with Crippen molar-refractivity contribution in [2.24, 2.45) is 0 Å². The number of hydrogen-bond acceptors (Lipinski definition) is 9. The molecule has 0 aromatic carbocycles. The lowest BCUT2D eigenvalue weighted by atomic mass is 10.1. The van der Waals surface area contributed by atoms with E-state index in [9.17, 15) is 18.7 Å². The monoisotopic (exact) mass is 386 g/mol. The lowest BCUT2D eigenvalue weighted by Crippen LogP contribution is -2.43. The van der Waals surface area contributed by atoms with Crippen LogP contribution in [0.5, 0.6) is 0 Å². The highest BCUT2D eigenvalue weighted by molar-refractivity contribution is 7.15. The van der Waals surface area contributed by atoms with Crippen LogP contribution >= 0.6 is 11.3 Å². The minimum atomic E-state index is -3.65. The lowest BCUT2D eigenvalue weighted by molar-refractivity contribution is -0.140. The summed E-state index contributed by atoms with van der Waals surface area (Å²) < 4.78 is 35.0. The van der Waals surface area contributed by atoms with E-state index in [1.807, 2.05) is 4.90 Å². The third-order valence-corrected chi connectivity index (χ3v) is 5.37. The number of anilines is 2. The van der Waals surface area contributed by atoms with E-state index in [1.54, 1.807) is 0 Å². The van der Waals surface area contributed by atoms with Crippen molar-refractivity contribution in [3.8, 4) is 0 Å². The molecule has 1 fully saturated rings. The van der Waals surface area contributed by atoms with E-state index in [4.69, 9.17) is 16.2 Å². The molecule has 3 atom stereocenters. The van der Waals surface area contributed by atoms with Gasteiger partial charge in [-0.3, -0.25) is 9.47 Å². The first-order chi connectivity index (χ1) is 12.3. The number of thiazole rings is 1. The van der Waals surface area contributed by atoms with Crippen LogP contribution in [0.3, 0.4) is 0 Å². The molecule has 2 aliphatic heterocycles. The topological polar surface area (TPSA) is 133 Å². The molecular formula is C14H16F2N6O3S. The maximum absolute atomic E-state index is 14.5. The highest BCUT2D eigenvalue weighted by Crippen LogP contribution is 2.43. The van der Waals surface area contributed by atoms with Crippen molar-refractivity contribution in [2.75, 3.05) is 18.0 Å². The number of aliphatic hydroxyl groups excluding tert-OH is 1. The SMILES string of the molecule is Nc1ccn([C@@H]2O[C@H](CN3Cc4nc(N)sc4C3)[C@@H](O)C2(F)F)c(=O)n1. The van der Waals surface area contributed by atoms with Crippen molar-refractivity contribution in [2.45, 2.75) is 37.4 Å². The van der Waals surface area contributed by atoms with Gasteiger partial charge in [-0.05, 0) is 6.07 Å². The number of fused-ring (bicyclic) bond motifs is 1. The van der Waals surface area contributed by atoms with Crippen LogP contribution in [0, 0.1) is 0 Å². The Hall–Kier alpha value is -2.15. The van der Waals surface area contributed by atoms with E-state index in [0.717, 1.165) is 16.8 Å². The Morgan fingerprint density at radius 2 is 2.15 bits per heavy atom. The largest absolute Gasteiger partial charge is 0.384 e. The average Bonchev–Trinajstić information content (AvgIpc) is 3.13. The standard InChI is InChI=1S/C14H16F2N6O3S/c15-14(16)10(23)7(4-21-3-6-8(5-21)26-12(18)19-6)25-11(14)22-2-1-9(17)20-13(22)24/h1-2,7,10-11,23H,3-5H2,(H2,18,19)(H2,17,20,24)/t7-,10-,11-/m1/s1. The van der Waals surface area contributed by atoms with Crippen molar-refractivity contribution >= 4 is 22.3 Å². The Kier molecular flexibility index (Phi) is 3.95. The van der Waals surface area contributed by atoms with Gasteiger partial charge in [0.2, 0.25) is 6.23 Å². The Morgan fingerprint density at radius 1 is 1.38 bits per heavy atom. The van der Waals surface area contributed by atoms with Crippen LogP contribution in [0.15, 0.2) is 17.1 Å². The number of aliphatic hydroxyl groups is 1. The molecule has 0 saturated carbocycles. The zero-order valence-electron chi connectivity index (χ0n) is 13.4. The Labute approximate surface area is 149 Å². The van der Waals surface area contributed by atoms with Gasteiger partial charge in [-0.25, -0.2) is 9.78 Å². The highest BCUT2D eigenvalue weighted by atomic mass is 32.1. The highest BCUT2D eigenvalue weighted by Gasteiger charge is 2.60. The van der Waals surface area contributed by atoms with Crippen molar-refractivity contribution in [1.29, 1.82) is 0 Å².